The third-order valence-electron chi connectivity index (χ3n) is 4.64. The van der Waals surface area contributed by atoms with Gasteiger partial charge in [0.15, 0.2) is 11.6 Å². The first-order valence-corrected chi connectivity index (χ1v) is 9.25. The number of aromatic nitrogens is 6. The molecule has 0 amide bonds. The molecule has 1 N–H and O–H groups in total. The predicted molar refractivity (Wildman–Crippen MR) is 96.4 cm³/mol. The molecule has 8 heteroatoms. The van der Waals surface area contributed by atoms with Crippen LogP contribution in [-0.4, -0.2) is 36.0 Å². The van der Waals surface area contributed by atoms with Crippen LogP contribution in [0.2, 0.25) is 0 Å². The second-order valence-electron chi connectivity index (χ2n) is 7.26. The van der Waals surface area contributed by atoms with Crippen molar-refractivity contribution in [1.29, 1.82) is 0 Å². The van der Waals surface area contributed by atoms with E-state index in [2.05, 4.69) is 45.0 Å². The first kappa shape index (κ1) is 17.0. The number of fused-ring (bicyclic) bond motifs is 1. The Morgan fingerprint density at radius 2 is 2.19 bits per heavy atom. The molecule has 1 aliphatic heterocycles. The smallest absolute Gasteiger partial charge is 0.249 e. The van der Waals surface area contributed by atoms with Crippen LogP contribution in [0.4, 0.5) is 0 Å². The molecule has 4 heterocycles. The molecule has 3 aromatic heterocycles. The monoisotopic (exact) mass is 355 g/mol. The Kier molecular flexibility index (Phi) is 4.58. The van der Waals surface area contributed by atoms with E-state index in [0.717, 1.165) is 49.8 Å². The Labute approximate surface area is 152 Å². The molecule has 0 aromatic carbocycles. The molecule has 4 rings (SSSR count). The normalized spacial score (nSPS) is 15.8. The maximum atomic E-state index is 5.49. The van der Waals surface area contributed by atoms with Gasteiger partial charge >= 0.3 is 0 Å². The lowest BCUT2D eigenvalue weighted by Crippen LogP contribution is -2.11. The quantitative estimate of drug-likeness (QED) is 0.756. The zero-order valence-electron chi connectivity index (χ0n) is 15.5. The molecule has 0 aliphatic carbocycles. The van der Waals surface area contributed by atoms with Gasteiger partial charge in [0.2, 0.25) is 5.89 Å². The van der Waals surface area contributed by atoms with Gasteiger partial charge in [0, 0.05) is 31.9 Å². The van der Waals surface area contributed by atoms with Crippen LogP contribution in [0.25, 0.3) is 11.5 Å². The minimum absolute atomic E-state index is 0.0967. The van der Waals surface area contributed by atoms with Crippen molar-refractivity contribution in [3.05, 3.63) is 35.9 Å². The number of rotatable bonds is 5. The number of hydrogen-bond donors (Lipinski definition) is 1. The number of imidazole rings is 1. The molecule has 0 fully saturated rings. The van der Waals surface area contributed by atoms with E-state index in [-0.39, 0.29) is 6.04 Å². The molecule has 3 aromatic rings. The van der Waals surface area contributed by atoms with Crippen LogP contribution in [-0.2, 0) is 19.5 Å². The molecule has 0 saturated carbocycles. The second kappa shape index (κ2) is 7.03. The fourth-order valence-electron chi connectivity index (χ4n) is 3.30. The Bertz CT molecular complexity index is 852. The zero-order chi connectivity index (χ0) is 18.1. The maximum Gasteiger partial charge on any atom is 0.249 e. The van der Waals surface area contributed by atoms with Crippen LogP contribution in [0, 0.1) is 5.92 Å². The van der Waals surface area contributed by atoms with E-state index in [1.165, 1.54) is 5.69 Å². The highest BCUT2D eigenvalue weighted by Gasteiger charge is 2.22. The lowest BCUT2D eigenvalue weighted by molar-refractivity contribution is 0.341. The van der Waals surface area contributed by atoms with Crippen LogP contribution < -0.4 is 5.32 Å². The first-order valence-electron chi connectivity index (χ1n) is 9.25. The van der Waals surface area contributed by atoms with Crippen molar-refractivity contribution in [3.63, 3.8) is 0 Å². The molecule has 0 bridgehead atoms. The summed E-state index contributed by atoms with van der Waals surface area (Å²) in [5, 5.41) is 12.3. The Balaban J connectivity index is 1.61. The molecule has 1 atom stereocenters. The third-order valence-corrected chi connectivity index (χ3v) is 4.64. The molecule has 26 heavy (non-hydrogen) atoms. The van der Waals surface area contributed by atoms with Crippen LogP contribution in [0.1, 0.15) is 50.6 Å². The third kappa shape index (κ3) is 3.29. The summed E-state index contributed by atoms with van der Waals surface area (Å²) in [4.78, 5) is 9.09. The SMILES string of the molecule is CC(C)Cc1noc(C(C)n2ccnc2-c2cc3n(n2)CCCNC3)n1. The molecule has 0 saturated heterocycles. The van der Waals surface area contributed by atoms with E-state index < -0.39 is 0 Å². The largest absolute Gasteiger partial charge is 0.337 e. The van der Waals surface area contributed by atoms with Crippen LogP contribution >= 0.6 is 0 Å². The van der Waals surface area contributed by atoms with Gasteiger partial charge < -0.3 is 14.4 Å². The topological polar surface area (TPSA) is 86.6 Å². The average molecular weight is 355 g/mol. The van der Waals surface area contributed by atoms with Crippen molar-refractivity contribution in [2.24, 2.45) is 5.92 Å². The molecule has 1 unspecified atom stereocenters. The highest BCUT2D eigenvalue weighted by Crippen LogP contribution is 2.25. The Morgan fingerprint density at radius 3 is 3.04 bits per heavy atom. The molecule has 0 spiro atoms. The van der Waals surface area contributed by atoms with Gasteiger partial charge in [-0.15, -0.1) is 0 Å². The summed E-state index contributed by atoms with van der Waals surface area (Å²) >= 11 is 0. The van der Waals surface area contributed by atoms with E-state index in [9.17, 15) is 0 Å². The average Bonchev–Trinajstić information content (AvgIpc) is 3.31. The minimum Gasteiger partial charge on any atom is -0.337 e. The lowest BCUT2D eigenvalue weighted by Gasteiger charge is -2.11. The Morgan fingerprint density at radius 1 is 1.31 bits per heavy atom. The van der Waals surface area contributed by atoms with Crippen molar-refractivity contribution in [3.8, 4) is 11.5 Å². The van der Waals surface area contributed by atoms with Gasteiger partial charge in [-0.05, 0) is 31.9 Å². The fourth-order valence-corrected chi connectivity index (χ4v) is 3.30. The summed E-state index contributed by atoms with van der Waals surface area (Å²) in [6.45, 7) is 9.13. The Hall–Kier alpha value is -2.48. The van der Waals surface area contributed by atoms with Gasteiger partial charge in [0.25, 0.3) is 0 Å². The summed E-state index contributed by atoms with van der Waals surface area (Å²) in [7, 11) is 0. The molecule has 138 valence electrons. The van der Waals surface area contributed by atoms with Gasteiger partial charge in [0.1, 0.15) is 11.7 Å². The van der Waals surface area contributed by atoms with Gasteiger partial charge in [-0.3, -0.25) is 4.68 Å². The summed E-state index contributed by atoms with van der Waals surface area (Å²) in [6.07, 6.45) is 5.63. The summed E-state index contributed by atoms with van der Waals surface area (Å²) in [6, 6.07) is 2.02. The first-order chi connectivity index (χ1) is 12.6. The summed E-state index contributed by atoms with van der Waals surface area (Å²) < 4.78 is 9.61. The number of nitrogens with zero attached hydrogens (tertiary/aromatic N) is 6. The van der Waals surface area contributed by atoms with Crippen molar-refractivity contribution in [2.45, 2.75) is 52.7 Å². The van der Waals surface area contributed by atoms with E-state index in [1.54, 1.807) is 6.20 Å². The van der Waals surface area contributed by atoms with E-state index in [4.69, 9.17) is 9.62 Å². The standard InChI is InChI=1S/C18H25N7O/c1-12(2)9-16-21-18(26-23-16)13(3)24-8-6-20-17(24)15-10-14-11-19-5-4-7-25(14)22-15/h6,8,10,12-13,19H,4-5,7,9,11H2,1-3H3. The van der Waals surface area contributed by atoms with E-state index in [0.29, 0.717) is 11.8 Å². The molecule has 1 aliphatic rings. The van der Waals surface area contributed by atoms with Crippen molar-refractivity contribution < 1.29 is 4.52 Å². The van der Waals surface area contributed by atoms with E-state index in [1.807, 2.05) is 17.7 Å². The van der Waals surface area contributed by atoms with Crippen LogP contribution in [0.15, 0.2) is 23.0 Å². The minimum atomic E-state index is -0.0967. The summed E-state index contributed by atoms with van der Waals surface area (Å²) in [5.74, 6) is 2.67. The number of nitrogens with one attached hydrogen (secondary N) is 1. The van der Waals surface area contributed by atoms with Gasteiger partial charge in [0.05, 0.1) is 5.69 Å². The maximum absolute atomic E-state index is 5.49. The van der Waals surface area contributed by atoms with Crippen molar-refractivity contribution >= 4 is 0 Å². The van der Waals surface area contributed by atoms with Crippen LogP contribution in [0.3, 0.4) is 0 Å². The molecule has 0 radical (unpaired) electrons. The van der Waals surface area contributed by atoms with Gasteiger partial charge in [-0.25, -0.2) is 4.98 Å². The molecular weight excluding hydrogens is 330 g/mol. The van der Waals surface area contributed by atoms with Crippen molar-refractivity contribution in [2.75, 3.05) is 6.54 Å². The van der Waals surface area contributed by atoms with Crippen LogP contribution in [0.5, 0.6) is 0 Å². The summed E-state index contributed by atoms with van der Waals surface area (Å²) in [5.41, 5.74) is 2.07. The van der Waals surface area contributed by atoms with Crippen molar-refractivity contribution in [1.82, 2.24) is 34.8 Å². The van der Waals surface area contributed by atoms with Gasteiger partial charge in [-0.1, -0.05) is 19.0 Å². The fraction of sp³-hybridized carbons (Fsp3) is 0.556. The zero-order valence-corrected chi connectivity index (χ0v) is 15.5. The highest BCUT2D eigenvalue weighted by atomic mass is 16.5. The predicted octanol–water partition coefficient (Wildman–Crippen LogP) is 2.43. The van der Waals surface area contributed by atoms with E-state index >= 15 is 0 Å². The molecule has 8 nitrogen and oxygen atoms in total. The lowest BCUT2D eigenvalue weighted by atomic mass is 10.1. The number of aryl methyl sites for hydroxylation is 1. The van der Waals surface area contributed by atoms with Gasteiger partial charge in [-0.2, -0.15) is 10.1 Å². The highest BCUT2D eigenvalue weighted by molar-refractivity contribution is 5.51. The second-order valence-corrected chi connectivity index (χ2v) is 7.26. The number of hydrogen-bond acceptors (Lipinski definition) is 6. The molecular formula is C18H25N7O.